The van der Waals surface area contributed by atoms with Crippen molar-refractivity contribution >= 4 is 91.0 Å². The summed E-state index contributed by atoms with van der Waals surface area (Å²) in [5.74, 6) is -0.193. The minimum absolute atomic E-state index is 0.0908. The molecule has 0 bridgehead atoms. The van der Waals surface area contributed by atoms with Crippen LogP contribution in [0.4, 0.5) is 13.2 Å². The molecule has 8 heteroatoms. The summed E-state index contributed by atoms with van der Waals surface area (Å²) in [5.41, 5.74) is -0.370. The lowest BCUT2D eigenvalue weighted by Crippen LogP contribution is -2.06. The van der Waals surface area contributed by atoms with Gasteiger partial charge in [0.1, 0.15) is 0 Å². The van der Waals surface area contributed by atoms with E-state index >= 15 is 0 Å². The quantitative estimate of drug-likeness (QED) is 0.126. The van der Waals surface area contributed by atoms with Gasteiger partial charge in [0.05, 0.1) is 10.9 Å². The Labute approximate surface area is 174 Å². The molecule has 0 spiro atoms. The summed E-state index contributed by atoms with van der Waals surface area (Å²) in [6.45, 7) is 0. The molecule has 0 aliphatic heterocycles. The number of ketones is 1. The molecule has 3 aromatic rings. The smallest absolute Gasteiger partial charge is 0.293 e. The third kappa shape index (κ3) is 3.42. The highest BCUT2D eigenvalue weighted by Crippen LogP contribution is 2.43. The van der Waals surface area contributed by atoms with E-state index in [9.17, 15) is 18.0 Å². The molecule has 0 amide bonds. The molecule has 25 heavy (non-hydrogen) atoms. The molecule has 0 atom stereocenters. The number of hydrogen-bond acceptors (Lipinski definition) is 1. The van der Waals surface area contributed by atoms with Gasteiger partial charge in [0.2, 0.25) is 0 Å². The molecule has 0 unspecified atom stereocenters. The van der Waals surface area contributed by atoms with E-state index in [1.54, 1.807) is 12.1 Å². The first-order chi connectivity index (χ1) is 11.6. The highest BCUT2D eigenvalue weighted by atomic mass is 79.9. The maximum Gasteiger partial charge on any atom is 0.416 e. The Bertz CT molecular complexity index is 1030. The number of rotatable bonds is 2. The second-order valence-corrected chi connectivity index (χ2v) is 8.32. The minimum Gasteiger partial charge on any atom is -0.293 e. The molecule has 0 aromatic heterocycles. The molecular formula is C17H7Br4F3O. The molecule has 3 aromatic carbocycles. The number of alkyl halides is 4. The monoisotopic (exact) mass is 600 g/mol. The van der Waals surface area contributed by atoms with Crippen LogP contribution in [0.1, 0.15) is 15.9 Å². The van der Waals surface area contributed by atoms with Crippen molar-refractivity contribution in [2.75, 3.05) is 5.33 Å². The number of hydrogen-bond donors (Lipinski definition) is 0. The van der Waals surface area contributed by atoms with Crippen LogP contribution in [0, 0.1) is 0 Å². The third-order valence-electron chi connectivity index (χ3n) is 3.82. The maximum atomic E-state index is 13.2. The van der Waals surface area contributed by atoms with Crippen molar-refractivity contribution in [3.63, 3.8) is 0 Å². The van der Waals surface area contributed by atoms with Crippen molar-refractivity contribution in [2.24, 2.45) is 0 Å². The molecular weight excluding hydrogens is 597 g/mol. The van der Waals surface area contributed by atoms with Gasteiger partial charge in [-0.2, -0.15) is 13.2 Å². The van der Waals surface area contributed by atoms with Crippen molar-refractivity contribution in [1.29, 1.82) is 0 Å². The summed E-state index contributed by atoms with van der Waals surface area (Å²) < 4.78 is 41.6. The van der Waals surface area contributed by atoms with E-state index in [0.29, 0.717) is 36.1 Å². The average molecular weight is 604 g/mol. The second kappa shape index (κ2) is 6.94. The first kappa shape index (κ1) is 19.3. The molecule has 0 N–H and O–H groups in total. The van der Waals surface area contributed by atoms with Gasteiger partial charge in [-0.1, -0.05) is 22.0 Å². The molecule has 0 aliphatic carbocycles. The lowest BCUT2D eigenvalue weighted by molar-refractivity contribution is -0.137. The summed E-state index contributed by atoms with van der Waals surface area (Å²) in [7, 11) is 0. The minimum atomic E-state index is -4.46. The molecule has 3 rings (SSSR count). The van der Waals surface area contributed by atoms with Crippen molar-refractivity contribution in [2.45, 2.75) is 6.18 Å². The standard InChI is InChI=1S/C17H7Br4F3O/c18-6-13(25)10-3-7-4-12(19)15(20)16(21)14(7)11-5-8(17(22,23)24)1-2-9(10)11/h1-5H,6H2. The van der Waals surface area contributed by atoms with Gasteiger partial charge in [-0.15, -0.1) is 0 Å². The van der Waals surface area contributed by atoms with Crippen molar-refractivity contribution in [1.82, 2.24) is 0 Å². The van der Waals surface area contributed by atoms with Crippen LogP contribution < -0.4 is 0 Å². The normalized spacial score (nSPS) is 12.1. The van der Waals surface area contributed by atoms with E-state index in [1.807, 2.05) is 0 Å². The first-order valence-electron chi connectivity index (χ1n) is 6.85. The fourth-order valence-corrected chi connectivity index (χ4v) is 4.68. The Kier molecular flexibility index (Phi) is 5.37. The van der Waals surface area contributed by atoms with Gasteiger partial charge >= 0.3 is 6.18 Å². The van der Waals surface area contributed by atoms with E-state index in [0.717, 1.165) is 16.6 Å². The van der Waals surface area contributed by atoms with Gasteiger partial charge in [0, 0.05) is 24.4 Å². The van der Waals surface area contributed by atoms with Crippen molar-refractivity contribution < 1.29 is 18.0 Å². The van der Waals surface area contributed by atoms with Gasteiger partial charge in [0.25, 0.3) is 0 Å². The molecule has 0 saturated carbocycles. The maximum absolute atomic E-state index is 13.2. The van der Waals surface area contributed by atoms with E-state index < -0.39 is 11.7 Å². The summed E-state index contributed by atoms with van der Waals surface area (Å²) >= 11 is 13.4. The van der Waals surface area contributed by atoms with Crippen LogP contribution in [0.3, 0.4) is 0 Å². The highest BCUT2D eigenvalue weighted by Gasteiger charge is 2.31. The number of Topliss-reactive ketones (excluding diaryl/α,β-unsaturated/α-hetero) is 1. The predicted octanol–water partition coefficient (Wildman–Crippen LogP) is 7.88. The number of halogens is 7. The molecule has 0 aliphatic rings. The predicted molar refractivity (Wildman–Crippen MR) is 108 cm³/mol. The van der Waals surface area contributed by atoms with E-state index in [1.165, 1.54) is 6.07 Å². The summed E-state index contributed by atoms with van der Waals surface area (Å²) in [4.78, 5) is 12.3. The second-order valence-electron chi connectivity index (χ2n) is 5.32. The largest absolute Gasteiger partial charge is 0.416 e. The van der Waals surface area contributed by atoms with Crippen LogP contribution in [-0.2, 0) is 6.18 Å². The average Bonchev–Trinajstić information content (AvgIpc) is 2.56. The summed E-state index contributed by atoms with van der Waals surface area (Å²) in [6, 6.07) is 6.93. The molecule has 0 fully saturated rings. The molecule has 0 radical (unpaired) electrons. The van der Waals surface area contributed by atoms with Crippen molar-refractivity contribution in [3.8, 4) is 0 Å². The number of carbonyl (C=O) groups excluding carboxylic acids is 1. The van der Waals surface area contributed by atoms with Gasteiger partial charge < -0.3 is 0 Å². The molecule has 0 saturated heterocycles. The fourth-order valence-electron chi connectivity index (χ4n) is 2.70. The molecule has 0 heterocycles. The van der Waals surface area contributed by atoms with Crippen LogP contribution >= 0.6 is 63.7 Å². The lowest BCUT2D eigenvalue weighted by atomic mass is 9.94. The Balaban J connectivity index is 2.56. The molecule has 130 valence electrons. The van der Waals surface area contributed by atoms with E-state index in [-0.39, 0.29) is 11.1 Å². The zero-order chi connectivity index (χ0) is 18.5. The number of benzene rings is 3. The van der Waals surface area contributed by atoms with Crippen LogP contribution in [-0.4, -0.2) is 11.1 Å². The van der Waals surface area contributed by atoms with Crippen molar-refractivity contribution in [3.05, 3.63) is 54.9 Å². The summed E-state index contributed by atoms with van der Waals surface area (Å²) in [6.07, 6.45) is -4.46. The fraction of sp³-hybridized carbons (Fsp3) is 0.118. The van der Waals surface area contributed by atoms with Gasteiger partial charge in [-0.05, 0) is 88.2 Å². The Morgan fingerprint density at radius 2 is 1.64 bits per heavy atom. The van der Waals surface area contributed by atoms with Crippen LogP contribution in [0.2, 0.25) is 0 Å². The van der Waals surface area contributed by atoms with Gasteiger partial charge in [-0.3, -0.25) is 4.79 Å². The van der Waals surface area contributed by atoms with E-state index in [2.05, 4.69) is 63.7 Å². The Hall–Kier alpha value is -0.440. The summed E-state index contributed by atoms with van der Waals surface area (Å²) in [5, 5.41) is 2.23. The SMILES string of the molecule is O=C(CBr)c1cc2cc(Br)c(Br)c(Br)c2c2cc(C(F)(F)F)ccc12. The zero-order valence-electron chi connectivity index (χ0n) is 12.1. The Morgan fingerprint density at radius 3 is 2.24 bits per heavy atom. The van der Waals surface area contributed by atoms with Crippen LogP contribution in [0.5, 0.6) is 0 Å². The zero-order valence-corrected chi connectivity index (χ0v) is 18.5. The first-order valence-corrected chi connectivity index (χ1v) is 10.4. The third-order valence-corrected chi connectivity index (χ3v) is 7.64. The van der Waals surface area contributed by atoms with E-state index in [4.69, 9.17) is 0 Å². The van der Waals surface area contributed by atoms with Gasteiger partial charge in [0.15, 0.2) is 5.78 Å². The highest BCUT2D eigenvalue weighted by molar-refractivity contribution is 9.14. The number of fused-ring (bicyclic) bond motifs is 3. The lowest BCUT2D eigenvalue weighted by Gasteiger charge is -2.15. The number of carbonyl (C=O) groups is 1. The van der Waals surface area contributed by atoms with Crippen LogP contribution in [0.25, 0.3) is 21.5 Å². The molecule has 1 nitrogen and oxygen atoms in total. The van der Waals surface area contributed by atoms with Crippen LogP contribution in [0.15, 0.2) is 43.7 Å². The Morgan fingerprint density at radius 1 is 0.960 bits per heavy atom. The van der Waals surface area contributed by atoms with Gasteiger partial charge in [-0.25, -0.2) is 0 Å². The topological polar surface area (TPSA) is 17.1 Å².